The summed E-state index contributed by atoms with van der Waals surface area (Å²) in [4.78, 5) is 15.3. The number of hydrogen-bond acceptors (Lipinski definition) is 3. The van der Waals surface area contributed by atoms with E-state index in [0.717, 1.165) is 27.9 Å². The standard InChI is InChI=1S/C25H25ClN2O3/c1-16-8-4-7-11-21(16)27-25(29)28-13-12-17-14-22(30-2)23(31-3)15-19(17)24(28)18-9-5-6-10-20(18)26/h4-11,14-15,24H,12-13H2,1-3H3,(H,27,29)/t24-/m0/s1. The molecule has 1 aliphatic heterocycles. The number of rotatable bonds is 4. The van der Waals surface area contributed by atoms with Gasteiger partial charge in [-0.25, -0.2) is 4.79 Å². The average Bonchev–Trinajstić information content (AvgIpc) is 2.79. The predicted molar refractivity (Wildman–Crippen MR) is 123 cm³/mol. The molecule has 0 aliphatic carbocycles. The zero-order valence-electron chi connectivity index (χ0n) is 17.8. The van der Waals surface area contributed by atoms with Crippen molar-refractivity contribution < 1.29 is 14.3 Å². The number of ether oxygens (including phenoxy) is 2. The molecule has 0 radical (unpaired) electrons. The molecule has 0 spiro atoms. The van der Waals surface area contributed by atoms with Crippen molar-refractivity contribution in [3.63, 3.8) is 0 Å². The number of halogens is 1. The van der Waals surface area contributed by atoms with E-state index in [9.17, 15) is 4.79 Å². The highest BCUT2D eigenvalue weighted by molar-refractivity contribution is 6.31. The van der Waals surface area contributed by atoms with Crippen LogP contribution in [0.25, 0.3) is 0 Å². The van der Waals surface area contributed by atoms with Crippen molar-refractivity contribution in [1.29, 1.82) is 0 Å². The van der Waals surface area contributed by atoms with E-state index in [1.165, 1.54) is 0 Å². The van der Waals surface area contributed by atoms with E-state index >= 15 is 0 Å². The van der Waals surface area contributed by atoms with Gasteiger partial charge >= 0.3 is 6.03 Å². The third kappa shape index (κ3) is 4.06. The van der Waals surface area contributed by atoms with Crippen molar-refractivity contribution in [3.05, 3.63) is 87.9 Å². The summed E-state index contributed by atoms with van der Waals surface area (Å²) in [5.41, 5.74) is 4.77. The Morgan fingerprint density at radius 3 is 2.39 bits per heavy atom. The number of amides is 2. The summed E-state index contributed by atoms with van der Waals surface area (Å²) >= 11 is 6.60. The third-order valence-corrected chi connectivity index (χ3v) is 6.07. The Bertz CT molecular complexity index is 1120. The summed E-state index contributed by atoms with van der Waals surface area (Å²) in [6.07, 6.45) is 0.706. The molecule has 160 valence electrons. The first-order chi connectivity index (χ1) is 15.0. The van der Waals surface area contributed by atoms with Gasteiger partial charge in [0.1, 0.15) is 0 Å². The molecule has 31 heavy (non-hydrogen) atoms. The highest BCUT2D eigenvalue weighted by Crippen LogP contribution is 2.42. The molecular formula is C25H25ClN2O3. The van der Waals surface area contributed by atoms with Crippen LogP contribution in [-0.2, 0) is 6.42 Å². The van der Waals surface area contributed by atoms with Crippen molar-refractivity contribution in [2.75, 3.05) is 26.1 Å². The summed E-state index contributed by atoms with van der Waals surface area (Å²) in [5, 5.41) is 3.68. The molecule has 0 fully saturated rings. The molecule has 1 N–H and O–H groups in total. The van der Waals surface area contributed by atoms with Gasteiger partial charge in [-0.05, 0) is 59.9 Å². The minimum Gasteiger partial charge on any atom is -0.493 e. The van der Waals surface area contributed by atoms with Crippen LogP contribution in [0.15, 0.2) is 60.7 Å². The minimum atomic E-state index is -0.346. The van der Waals surface area contributed by atoms with Crippen LogP contribution in [-0.4, -0.2) is 31.7 Å². The molecule has 0 saturated carbocycles. The maximum absolute atomic E-state index is 13.4. The van der Waals surface area contributed by atoms with Crippen LogP contribution in [0.1, 0.15) is 28.3 Å². The lowest BCUT2D eigenvalue weighted by Crippen LogP contribution is -2.43. The minimum absolute atomic E-state index is 0.167. The molecule has 3 aromatic rings. The van der Waals surface area contributed by atoms with Gasteiger partial charge < -0.3 is 19.7 Å². The number of nitrogens with zero attached hydrogens (tertiary/aromatic N) is 1. The van der Waals surface area contributed by atoms with Gasteiger partial charge in [-0.1, -0.05) is 48.0 Å². The van der Waals surface area contributed by atoms with Crippen LogP contribution in [0, 0.1) is 6.92 Å². The number of nitrogens with one attached hydrogen (secondary N) is 1. The van der Waals surface area contributed by atoms with Gasteiger partial charge in [0.25, 0.3) is 0 Å². The second-order valence-electron chi connectivity index (χ2n) is 7.52. The van der Waals surface area contributed by atoms with Gasteiger partial charge in [-0.2, -0.15) is 0 Å². The molecule has 1 atom stereocenters. The van der Waals surface area contributed by atoms with Gasteiger partial charge in [-0.3, -0.25) is 0 Å². The van der Waals surface area contributed by atoms with Gasteiger partial charge in [0.2, 0.25) is 0 Å². The molecule has 0 aromatic heterocycles. The fraction of sp³-hybridized carbons (Fsp3) is 0.240. The Labute approximate surface area is 187 Å². The highest BCUT2D eigenvalue weighted by Gasteiger charge is 2.34. The summed E-state index contributed by atoms with van der Waals surface area (Å²) in [5.74, 6) is 1.30. The Balaban J connectivity index is 1.80. The Kier molecular flexibility index (Phi) is 6.05. The van der Waals surface area contributed by atoms with E-state index in [1.807, 2.05) is 72.5 Å². The molecule has 6 heteroatoms. The van der Waals surface area contributed by atoms with E-state index in [1.54, 1.807) is 14.2 Å². The molecule has 0 unspecified atom stereocenters. The molecule has 1 aliphatic rings. The molecule has 5 nitrogen and oxygen atoms in total. The summed E-state index contributed by atoms with van der Waals surface area (Å²) < 4.78 is 11.0. The molecular weight excluding hydrogens is 412 g/mol. The molecule has 2 amide bonds. The smallest absolute Gasteiger partial charge is 0.322 e. The fourth-order valence-electron chi connectivity index (χ4n) is 4.10. The van der Waals surface area contributed by atoms with Crippen LogP contribution >= 0.6 is 11.6 Å². The summed E-state index contributed by atoms with van der Waals surface area (Å²) in [7, 11) is 3.24. The van der Waals surface area contributed by atoms with E-state index in [-0.39, 0.29) is 12.1 Å². The largest absolute Gasteiger partial charge is 0.493 e. The Hall–Kier alpha value is -3.18. The number of anilines is 1. The molecule has 0 bridgehead atoms. The maximum atomic E-state index is 13.4. The number of para-hydroxylation sites is 1. The van der Waals surface area contributed by atoms with Crippen molar-refractivity contribution in [1.82, 2.24) is 4.90 Å². The van der Waals surface area contributed by atoms with E-state index in [0.29, 0.717) is 29.5 Å². The van der Waals surface area contributed by atoms with Gasteiger partial charge in [0.15, 0.2) is 11.5 Å². The number of urea groups is 1. The average molecular weight is 437 g/mol. The molecule has 0 saturated heterocycles. The maximum Gasteiger partial charge on any atom is 0.322 e. The van der Waals surface area contributed by atoms with Crippen LogP contribution in [0.3, 0.4) is 0 Å². The first kappa shape index (κ1) is 21.1. The lowest BCUT2D eigenvalue weighted by Gasteiger charge is -2.38. The molecule has 1 heterocycles. The second kappa shape index (κ2) is 8.90. The molecule has 3 aromatic carbocycles. The topological polar surface area (TPSA) is 50.8 Å². The number of benzene rings is 3. The SMILES string of the molecule is COc1cc2c(cc1OC)[C@H](c1ccccc1Cl)N(C(=O)Nc1ccccc1C)CC2. The summed E-state index contributed by atoms with van der Waals surface area (Å²) in [6.45, 7) is 2.53. The first-order valence-corrected chi connectivity index (χ1v) is 10.5. The number of carbonyl (C=O) groups is 1. The number of fused-ring (bicyclic) bond motifs is 1. The van der Waals surface area contributed by atoms with Crippen LogP contribution in [0.2, 0.25) is 5.02 Å². The lowest BCUT2D eigenvalue weighted by molar-refractivity contribution is 0.193. The van der Waals surface area contributed by atoms with E-state index in [4.69, 9.17) is 21.1 Å². The predicted octanol–water partition coefficient (Wildman–Crippen LogP) is 5.85. The zero-order valence-corrected chi connectivity index (χ0v) is 18.6. The van der Waals surface area contributed by atoms with E-state index < -0.39 is 0 Å². The van der Waals surface area contributed by atoms with E-state index in [2.05, 4.69) is 5.32 Å². The van der Waals surface area contributed by atoms with Crippen molar-refractivity contribution in [3.8, 4) is 11.5 Å². The van der Waals surface area contributed by atoms with Crippen molar-refractivity contribution >= 4 is 23.3 Å². The zero-order chi connectivity index (χ0) is 22.0. The van der Waals surface area contributed by atoms with Crippen molar-refractivity contribution in [2.45, 2.75) is 19.4 Å². The summed E-state index contributed by atoms with van der Waals surface area (Å²) in [6, 6.07) is 18.8. The van der Waals surface area contributed by atoms with Gasteiger partial charge in [0.05, 0.1) is 20.3 Å². The highest BCUT2D eigenvalue weighted by atomic mass is 35.5. The monoisotopic (exact) mass is 436 g/mol. The quantitative estimate of drug-likeness (QED) is 0.558. The van der Waals surface area contributed by atoms with Crippen LogP contribution in [0.4, 0.5) is 10.5 Å². The van der Waals surface area contributed by atoms with Crippen LogP contribution in [0.5, 0.6) is 11.5 Å². The second-order valence-corrected chi connectivity index (χ2v) is 7.93. The number of carbonyl (C=O) groups excluding carboxylic acids is 1. The Morgan fingerprint density at radius 2 is 1.68 bits per heavy atom. The van der Waals surface area contributed by atoms with Crippen LogP contribution < -0.4 is 14.8 Å². The number of hydrogen-bond donors (Lipinski definition) is 1. The van der Waals surface area contributed by atoms with Gasteiger partial charge in [-0.15, -0.1) is 0 Å². The fourth-order valence-corrected chi connectivity index (χ4v) is 4.34. The first-order valence-electron chi connectivity index (χ1n) is 10.2. The van der Waals surface area contributed by atoms with Crippen molar-refractivity contribution in [2.24, 2.45) is 0 Å². The number of aryl methyl sites for hydroxylation is 1. The Morgan fingerprint density at radius 1 is 1.00 bits per heavy atom. The normalized spacial score (nSPS) is 15.2. The lowest BCUT2D eigenvalue weighted by atomic mass is 9.87. The van der Waals surface area contributed by atoms with Gasteiger partial charge in [0, 0.05) is 17.3 Å². The molecule has 4 rings (SSSR count). The third-order valence-electron chi connectivity index (χ3n) is 5.72. The number of methoxy groups -OCH3 is 2.